The Balaban J connectivity index is 1.33. The number of anilines is 1. The quantitative estimate of drug-likeness (QED) is 0.264. The number of fused-ring (bicyclic) bond motifs is 1. The van der Waals surface area contributed by atoms with Gasteiger partial charge in [-0.25, -0.2) is 4.39 Å². The van der Waals surface area contributed by atoms with Crippen LogP contribution in [0.2, 0.25) is 10.0 Å². The Morgan fingerprint density at radius 1 is 1.02 bits per heavy atom. The summed E-state index contributed by atoms with van der Waals surface area (Å²) in [4.78, 5) is 14.6. The molecule has 1 N–H and O–H groups in total. The van der Waals surface area contributed by atoms with Crippen LogP contribution in [0.1, 0.15) is 60.8 Å². The number of hydrogen-bond acceptors (Lipinski definition) is 3. The van der Waals surface area contributed by atoms with Gasteiger partial charge in [-0.15, -0.1) is 0 Å². The number of alkyl halides is 2. The molecule has 1 atom stereocenters. The summed E-state index contributed by atoms with van der Waals surface area (Å²) in [5, 5.41) is 3.96. The average Bonchev–Trinajstić information content (AvgIpc) is 3.63. The van der Waals surface area contributed by atoms with Crippen LogP contribution in [-0.2, 0) is 11.2 Å². The second kappa shape index (κ2) is 12.4. The van der Waals surface area contributed by atoms with Crippen molar-refractivity contribution in [3.63, 3.8) is 0 Å². The van der Waals surface area contributed by atoms with Crippen LogP contribution >= 0.6 is 23.2 Å². The molecule has 220 valence electrons. The third-order valence-electron chi connectivity index (χ3n) is 8.44. The molecule has 0 radical (unpaired) electrons. The fourth-order valence-electron chi connectivity index (χ4n) is 6.05. The van der Waals surface area contributed by atoms with Gasteiger partial charge in [0.1, 0.15) is 11.9 Å². The second-order valence-electron chi connectivity index (χ2n) is 11.5. The van der Waals surface area contributed by atoms with Gasteiger partial charge in [-0.05, 0) is 115 Å². The van der Waals surface area contributed by atoms with Crippen LogP contribution in [0.15, 0.2) is 60.7 Å². The van der Waals surface area contributed by atoms with Crippen molar-refractivity contribution < 1.29 is 18.3 Å². The molecular formula is C34H34Cl2F2N2O2. The predicted molar refractivity (Wildman–Crippen MR) is 166 cm³/mol. The highest BCUT2D eigenvalue weighted by atomic mass is 35.5. The molecule has 3 aromatic carbocycles. The Bertz CT molecular complexity index is 1500. The first kappa shape index (κ1) is 29.2. The summed E-state index contributed by atoms with van der Waals surface area (Å²) in [5.41, 5.74) is 5.18. The van der Waals surface area contributed by atoms with Gasteiger partial charge >= 0.3 is 0 Å². The Morgan fingerprint density at radius 3 is 2.55 bits per heavy atom. The van der Waals surface area contributed by atoms with Gasteiger partial charge in [0, 0.05) is 35.4 Å². The van der Waals surface area contributed by atoms with E-state index < -0.39 is 11.6 Å². The fourth-order valence-corrected chi connectivity index (χ4v) is 6.57. The molecule has 2 fully saturated rings. The van der Waals surface area contributed by atoms with E-state index in [9.17, 15) is 13.6 Å². The first-order valence-electron chi connectivity index (χ1n) is 14.7. The molecule has 3 aliphatic rings. The van der Waals surface area contributed by atoms with Crippen molar-refractivity contribution in [1.29, 1.82) is 0 Å². The first-order chi connectivity index (χ1) is 20.3. The smallest absolute Gasteiger partial charge is 0.262 e. The number of allylic oxidation sites excluding steroid dienone is 1. The summed E-state index contributed by atoms with van der Waals surface area (Å²) in [6.07, 6.45) is 4.62. The topological polar surface area (TPSA) is 41.6 Å². The molecule has 1 aliphatic heterocycles. The van der Waals surface area contributed by atoms with E-state index in [0.717, 1.165) is 84.5 Å². The number of rotatable bonds is 9. The maximum atomic E-state index is 14.3. The fraction of sp³-hybridized carbons (Fsp3) is 0.382. The number of likely N-dealkylation sites (tertiary alicyclic amines) is 1. The van der Waals surface area contributed by atoms with Gasteiger partial charge in [0.2, 0.25) is 0 Å². The molecule has 3 aromatic rings. The van der Waals surface area contributed by atoms with E-state index >= 15 is 0 Å². The summed E-state index contributed by atoms with van der Waals surface area (Å²) in [5.74, 6) is 0.235. The third-order valence-corrected chi connectivity index (χ3v) is 8.99. The highest BCUT2D eigenvalue weighted by molar-refractivity contribution is 6.36. The van der Waals surface area contributed by atoms with Gasteiger partial charge < -0.3 is 10.1 Å². The minimum Gasteiger partial charge on any atom is -0.489 e. The number of amides is 1. The molecule has 1 amide bonds. The van der Waals surface area contributed by atoms with E-state index in [1.807, 2.05) is 42.5 Å². The highest BCUT2D eigenvalue weighted by Gasteiger charge is 2.50. The number of carbonyl (C=O) groups is 1. The lowest BCUT2D eigenvalue weighted by Gasteiger charge is -2.19. The summed E-state index contributed by atoms with van der Waals surface area (Å²) < 4.78 is 33.2. The number of nitrogens with zero attached hydrogens (tertiary/aromatic N) is 1. The molecule has 0 aromatic heterocycles. The van der Waals surface area contributed by atoms with Crippen LogP contribution in [0, 0.1) is 0 Å². The summed E-state index contributed by atoms with van der Waals surface area (Å²) in [6.45, 7) is 2.20. The first-order valence-corrected chi connectivity index (χ1v) is 15.5. The van der Waals surface area contributed by atoms with Crippen LogP contribution in [0.5, 0.6) is 5.75 Å². The molecule has 0 bridgehead atoms. The van der Waals surface area contributed by atoms with Crippen LogP contribution in [0.25, 0.3) is 11.1 Å². The normalized spacial score (nSPS) is 19.8. The number of carbonyl (C=O) groups excluding carboxylic acids is 1. The van der Waals surface area contributed by atoms with Crippen molar-refractivity contribution in [3.8, 4) is 5.75 Å². The largest absolute Gasteiger partial charge is 0.489 e. The van der Waals surface area contributed by atoms with Gasteiger partial charge in [0.15, 0.2) is 5.67 Å². The Labute approximate surface area is 255 Å². The number of nitrogens with one attached hydrogen (secondary N) is 1. The van der Waals surface area contributed by atoms with Crippen molar-refractivity contribution in [3.05, 3.63) is 93.0 Å². The maximum absolute atomic E-state index is 14.3. The second-order valence-corrected chi connectivity index (χ2v) is 12.4. The van der Waals surface area contributed by atoms with E-state index in [-0.39, 0.29) is 25.6 Å². The Kier molecular flexibility index (Phi) is 8.58. The molecule has 6 rings (SSSR count). The minimum atomic E-state index is -1.73. The molecule has 1 heterocycles. The van der Waals surface area contributed by atoms with E-state index in [0.29, 0.717) is 22.2 Å². The van der Waals surface area contributed by atoms with E-state index in [2.05, 4.69) is 22.3 Å². The lowest BCUT2D eigenvalue weighted by molar-refractivity contribution is -0.122. The van der Waals surface area contributed by atoms with Crippen molar-refractivity contribution in [2.24, 2.45) is 0 Å². The minimum absolute atomic E-state index is 0.0875. The molecule has 8 heteroatoms. The van der Waals surface area contributed by atoms with Crippen LogP contribution in [0.4, 0.5) is 14.5 Å². The zero-order valence-corrected chi connectivity index (χ0v) is 24.9. The van der Waals surface area contributed by atoms with Crippen LogP contribution < -0.4 is 10.1 Å². The predicted octanol–water partition coefficient (Wildman–Crippen LogP) is 8.54. The van der Waals surface area contributed by atoms with E-state index in [4.69, 9.17) is 27.9 Å². The number of aryl methyl sites for hydroxylation is 1. The van der Waals surface area contributed by atoms with Crippen molar-refractivity contribution >= 4 is 45.9 Å². The summed E-state index contributed by atoms with van der Waals surface area (Å²) in [7, 11) is 0. The monoisotopic (exact) mass is 610 g/mol. The molecule has 1 saturated carbocycles. The molecule has 1 unspecified atom stereocenters. The van der Waals surface area contributed by atoms with Crippen molar-refractivity contribution in [2.45, 2.75) is 56.7 Å². The zero-order chi connectivity index (χ0) is 29.3. The summed E-state index contributed by atoms with van der Waals surface area (Å²) >= 11 is 13.0. The zero-order valence-electron chi connectivity index (χ0n) is 23.4. The maximum Gasteiger partial charge on any atom is 0.262 e. The number of ether oxygens (including phenoxy) is 1. The van der Waals surface area contributed by atoms with Crippen molar-refractivity contribution in [1.82, 2.24) is 4.90 Å². The Hall–Kier alpha value is -2.93. The molecular weight excluding hydrogens is 577 g/mol. The molecule has 4 nitrogen and oxygen atoms in total. The number of halogens is 4. The van der Waals surface area contributed by atoms with Gasteiger partial charge in [0.05, 0.1) is 6.67 Å². The highest BCUT2D eigenvalue weighted by Crippen LogP contribution is 2.44. The number of hydrogen-bond donors (Lipinski definition) is 1. The van der Waals surface area contributed by atoms with E-state index in [1.165, 1.54) is 0 Å². The van der Waals surface area contributed by atoms with Gasteiger partial charge in [0.25, 0.3) is 5.91 Å². The van der Waals surface area contributed by atoms with Gasteiger partial charge in [-0.3, -0.25) is 14.1 Å². The molecule has 2 aliphatic carbocycles. The van der Waals surface area contributed by atoms with Crippen LogP contribution in [-0.4, -0.2) is 48.9 Å². The van der Waals surface area contributed by atoms with Gasteiger partial charge in [-0.1, -0.05) is 47.5 Å². The molecule has 1 saturated heterocycles. The SMILES string of the molecule is O=C(Nc1ccc2c(c1)CCCC(c1ccc(Cl)cc1Cl)=C2c1ccc(OC2CCN(CCCF)C2)cc1)C1(F)CC1. The average molecular weight is 612 g/mol. The molecule has 0 spiro atoms. The third kappa shape index (κ3) is 6.36. The van der Waals surface area contributed by atoms with E-state index in [1.54, 1.807) is 6.07 Å². The number of benzene rings is 3. The van der Waals surface area contributed by atoms with Gasteiger partial charge in [-0.2, -0.15) is 0 Å². The lowest BCUT2D eigenvalue weighted by atomic mass is 9.87. The lowest BCUT2D eigenvalue weighted by Crippen LogP contribution is -2.26. The standard InChI is InChI=1S/C34H34Cl2F2N2O2/c35-24-7-11-29(31(36)20-24)30-4-1-3-23-19-25(39-33(41)34(38)14-15-34)8-12-28(23)32(30)22-5-9-26(10-6-22)42-27-13-18-40(21-27)17-2-16-37/h5-12,19-20,27H,1-4,13-18,21H2,(H,39,41). The van der Waals surface area contributed by atoms with Crippen molar-refractivity contribution in [2.75, 3.05) is 31.6 Å². The Morgan fingerprint density at radius 2 is 1.81 bits per heavy atom. The summed E-state index contributed by atoms with van der Waals surface area (Å²) in [6, 6.07) is 19.6. The van der Waals surface area contributed by atoms with Crippen LogP contribution in [0.3, 0.4) is 0 Å². The molecule has 42 heavy (non-hydrogen) atoms.